The van der Waals surface area contributed by atoms with Gasteiger partial charge in [-0.05, 0) is 55.6 Å². The van der Waals surface area contributed by atoms with Gasteiger partial charge in [0.2, 0.25) is 0 Å². The van der Waals surface area contributed by atoms with Crippen molar-refractivity contribution < 1.29 is 10.0 Å². The molecule has 1 aromatic heterocycles. The minimum atomic E-state index is -0.434. The number of H-pyrrole nitrogens is 1. The largest absolute Gasteiger partial charge is 0.494 e. The van der Waals surface area contributed by atoms with Crippen molar-refractivity contribution in [1.82, 2.24) is 9.88 Å². The van der Waals surface area contributed by atoms with Crippen LogP contribution in [0.2, 0.25) is 0 Å². The number of hydrogen-bond donors (Lipinski definition) is 2. The van der Waals surface area contributed by atoms with Crippen molar-refractivity contribution in [3.05, 3.63) is 99.6 Å². The van der Waals surface area contributed by atoms with Gasteiger partial charge in [-0.2, -0.15) is 0 Å². The van der Waals surface area contributed by atoms with Crippen molar-refractivity contribution in [3.8, 4) is 5.88 Å². The number of benzene rings is 3. The second-order valence-corrected chi connectivity index (χ2v) is 9.46. The number of aliphatic imine (C=N–C) groups is 1. The number of nitrogens with one attached hydrogen (secondary N) is 1. The van der Waals surface area contributed by atoms with E-state index in [1.165, 1.54) is 37.0 Å². The molecule has 0 bridgehead atoms. The number of nitro benzene ring substituents is 1. The highest BCUT2D eigenvalue weighted by Gasteiger charge is 2.21. The predicted molar refractivity (Wildman–Crippen MR) is 143 cm³/mol. The molecule has 1 aliphatic heterocycles. The highest BCUT2D eigenvalue weighted by molar-refractivity contribution is 6.22. The summed E-state index contributed by atoms with van der Waals surface area (Å²) in [6, 6.07) is 22.3. The molecule has 5 rings (SSSR count). The fraction of sp³-hybridized carbons (Fsp3) is 0.276. The lowest BCUT2D eigenvalue weighted by atomic mass is 9.94. The number of nitrogens with zero attached hydrogens (tertiary/aromatic N) is 3. The second kappa shape index (κ2) is 10.3. The van der Waals surface area contributed by atoms with Crippen LogP contribution < -0.4 is 0 Å². The van der Waals surface area contributed by atoms with E-state index in [0.29, 0.717) is 22.2 Å². The van der Waals surface area contributed by atoms with Crippen LogP contribution in [0.4, 0.5) is 11.4 Å². The zero-order chi connectivity index (χ0) is 25.1. The van der Waals surface area contributed by atoms with Crippen LogP contribution in [0, 0.1) is 16.0 Å². The Bertz CT molecular complexity index is 1390. The minimum absolute atomic E-state index is 0.0394. The Labute approximate surface area is 210 Å². The van der Waals surface area contributed by atoms with Gasteiger partial charge in [-0.25, -0.2) is 4.99 Å². The number of aromatic amines is 1. The molecule has 0 saturated carbocycles. The van der Waals surface area contributed by atoms with Crippen molar-refractivity contribution in [1.29, 1.82) is 0 Å². The average Bonchev–Trinajstić information content (AvgIpc) is 3.24. The van der Waals surface area contributed by atoms with Gasteiger partial charge in [-0.3, -0.25) is 15.0 Å². The molecule has 0 radical (unpaired) electrons. The van der Waals surface area contributed by atoms with Crippen molar-refractivity contribution in [3.63, 3.8) is 0 Å². The molecule has 0 aliphatic carbocycles. The van der Waals surface area contributed by atoms with Crippen LogP contribution in [0.3, 0.4) is 0 Å². The number of nitro groups is 1. The number of rotatable bonds is 7. The molecule has 1 fully saturated rings. The second-order valence-electron chi connectivity index (χ2n) is 9.46. The number of piperidine rings is 1. The van der Waals surface area contributed by atoms with E-state index in [1.807, 2.05) is 42.5 Å². The first-order valence-electron chi connectivity index (χ1n) is 12.5. The van der Waals surface area contributed by atoms with Crippen LogP contribution in [-0.4, -0.2) is 38.7 Å². The van der Waals surface area contributed by atoms with E-state index < -0.39 is 4.92 Å². The van der Waals surface area contributed by atoms with Crippen molar-refractivity contribution in [2.24, 2.45) is 10.9 Å². The Morgan fingerprint density at radius 3 is 2.47 bits per heavy atom. The molecule has 0 spiro atoms. The van der Waals surface area contributed by atoms with E-state index in [-0.39, 0.29) is 11.6 Å². The number of likely N-dealkylation sites (tertiary alicyclic amines) is 1. The van der Waals surface area contributed by atoms with Crippen LogP contribution >= 0.6 is 0 Å². The summed E-state index contributed by atoms with van der Waals surface area (Å²) in [5.74, 6) is 0.789. The number of aromatic nitrogens is 1. The summed E-state index contributed by atoms with van der Waals surface area (Å²) < 4.78 is 0. The third-order valence-corrected chi connectivity index (χ3v) is 7.13. The Balaban J connectivity index is 1.49. The van der Waals surface area contributed by atoms with Gasteiger partial charge in [0.25, 0.3) is 5.69 Å². The standard InChI is InChI=1S/C29H30N4O3/c1-2-20-14-16-32(17-15-20)19-21-8-10-23(11-9-21)30-28(22-6-4-3-5-7-22)27-25-18-24(33(35)36)12-13-26(25)31-29(27)34/h3-13,18,20,31,34H,2,14-17,19H2,1H3. The number of fused-ring (bicyclic) bond motifs is 1. The van der Waals surface area contributed by atoms with E-state index in [2.05, 4.69) is 28.9 Å². The quantitative estimate of drug-likeness (QED) is 0.177. The topological polar surface area (TPSA) is 94.8 Å². The molecule has 2 heterocycles. The zero-order valence-electron chi connectivity index (χ0n) is 20.4. The number of hydrogen-bond acceptors (Lipinski definition) is 5. The van der Waals surface area contributed by atoms with Gasteiger partial charge >= 0.3 is 0 Å². The maximum absolute atomic E-state index is 11.4. The van der Waals surface area contributed by atoms with Gasteiger partial charge in [-0.15, -0.1) is 0 Å². The van der Waals surface area contributed by atoms with E-state index in [4.69, 9.17) is 4.99 Å². The molecule has 3 aromatic carbocycles. The monoisotopic (exact) mass is 482 g/mol. The summed E-state index contributed by atoms with van der Waals surface area (Å²) >= 11 is 0. The molecule has 0 unspecified atom stereocenters. The first kappa shape index (κ1) is 23.8. The van der Waals surface area contributed by atoms with Crippen LogP contribution in [0.25, 0.3) is 10.9 Å². The average molecular weight is 483 g/mol. The van der Waals surface area contributed by atoms with Gasteiger partial charge in [0.05, 0.1) is 21.9 Å². The summed E-state index contributed by atoms with van der Waals surface area (Å²) in [5, 5.41) is 22.8. The summed E-state index contributed by atoms with van der Waals surface area (Å²) in [6.45, 7) is 5.49. The van der Waals surface area contributed by atoms with E-state index in [9.17, 15) is 15.2 Å². The lowest BCUT2D eigenvalue weighted by molar-refractivity contribution is -0.384. The zero-order valence-corrected chi connectivity index (χ0v) is 20.4. The molecule has 7 heteroatoms. The summed E-state index contributed by atoms with van der Waals surface area (Å²) in [4.78, 5) is 21.3. The fourth-order valence-corrected chi connectivity index (χ4v) is 5.00. The van der Waals surface area contributed by atoms with Gasteiger partial charge in [0.1, 0.15) is 0 Å². The molecule has 0 amide bonds. The van der Waals surface area contributed by atoms with Gasteiger partial charge < -0.3 is 10.1 Å². The first-order chi connectivity index (χ1) is 17.5. The Morgan fingerprint density at radius 2 is 1.81 bits per heavy atom. The van der Waals surface area contributed by atoms with Crippen LogP contribution in [0.15, 0.2) is 77.8 Å². The molecule has 184 valence electrons. The van der Waals surface area contributed by atoms with E-state index in [0.717, 1.165) is 36.8 Å². The smallest absolute Gasteiger partial charge is 0.270 e. The summed E-state index contributed by atoms with van der Waals surface area (Å²) in [7, 11) is 0. The molecule has 0 atom stereocenters. The molecule has 4 aromatic rings. The maximum Gasteiger partial charge on any atom is 0.270 e. The van der Waals surface area contributed by atoms with Crippen molar-refractivity contribution in [2.45, 2.75) is 32.7 Å². The molecule has 7 nitrogen and oxygen atoms in total. The highest BCUT2D eigenvalue weighted by atomic mass is 16.6. The van der Waals surface area contributed by atoms with Crippen molar-refractivity contribution in [2.75, 3.05) is 13.1 Å². The SMILES string of the molecule is CCC1CCN(Cc2ccc(N=C(c3ccccc3)c3c(O)[nH]c4ccc([N+](=O)[O-])cc34)cc2)CC1. The molecule has 2 N–H and O–H groups in total. The molecular formula is C29H30N4O3. The summed E-state index contributed by atoms with van der Waals surface area (Å²) in [6.07, 6.45) is 3.81. The summed E-state index contributed by atoms with van der Waals surface area (Å²) in [5.41, 5.74) is 4.37. The number of aromatic hydroxyl groups is 1. The Hall–Kier alpha value is -3.97. The third-order valence-electron chi connectivity index (χ3n) is 7.13. The van der Waals surface area contributed by atoms with Gasteiger partial charge in [-0.1, -0.05) is 55.8 Å². The lowest BCUT2D eigenvalue weighted by Gasteiger charge is -2.31. The van der Waals surface area contributed by atoms with Gasteiger partial charge in [0, 0.05) is 35.1 Å². The maximum atomic E-state index is 11.4. The molecular weight excluding hydrogens is 452 g/mol. The molecule has 36 heavy (non-hydrogen) atoms. The van der Waals surface area contributed by atoms with E-state index >= 15 is 0 Å². The highest BCUT2D eigenvalue weighted by Crippen LogP contribution is 2.33. The van der Waals surface area contributed by atoms with Crippen LogP contribution in [-0.2, 0) is 6.54 Å². The third kappa shape index (κ3) is 5.02. The Kier molecular flexibility index (Phi) is 6.82. The van der Waals surface area contributed by atoms with Crippen molar-refractivity contribution >= 4 is 28.0 Å². The van der Waals surface area contributed by atoms with Gasteiger partial charge in [0.15, 0.2) is 5.88 Å². The van der Waals surface area contributed by atoms with Crippen LogP contribution in [0.5, 0.6) is 5.88 Å². The normalized spacial score (nSPS) is 15.4. The van der Waals surface area contributed by atoms with Crippen LogP contribution in [0.1, 0.15) is 42.9 Å². The molecule has 1 aliphatic rings. The van der Waals surface area contributed by atoms with E-state index in [1.54, 1.807) is 6.07 Å². The number of non-ortho nitro benzene ring substituents is 1. The fourth-order valence-electron chi connectivity index (χ4n) is 5.00. The first-order valence-corrected chi connectivity index (χ1v) is 12.5. The minimum Gasteiger partial charge on any atom is -0.494 e. The predicted octanol–water partition coefficient (Wildman–Crippen LogP) is 6.57. The Morgan fingerprint density at radius 1 is 1.08 bits per heavy atom. The molecule has 1 saturated heterocycles. The lowest BCUT2D eigenvalue weighted by Crippen LogP contribution is -2.32.